The summed E-state index contributed by atoms with van der Waals surface area (Å²) in [5, 5.41) is -0.136. The monoisotopic (exact) mass is 594 g/mol. The minimum Gasteiger partial charge on any atom is -0.409 e. The fourth-order valence-electron chi connectivity index (χ4n) is 4.44. The van der Waals surface area contributed by atoms with Crippen LogP contribution in [0.4, 0.5) is 8.78 Å². The van der Waals surface area contributed by atoms with E-state index in [0.29, 0.717) is 0 Å². The van der Waals surface area contributed by atoms with Gasteiger partial charge in [-0.25, -0.2) is 0 Å². The zero-order valence-electron chi connectivity index (χ0n) is 24.8. The maximum atomic E-state index is 15.6. The number of rotatable bonds is 13. The van der Waals surface area contributed by atoms with E-state index in [2.05, 4.69) is 33.9 Å². The highest BCUT2D eigenvalue weighted by Gasteiger charge is 2.62. The fraction of sp³-hybridized carbons (Fsp3) is 0.769. The predicted octanol–water partition coefficient (Wildman–Crippen LogP) is 6.63. The number of halogens is 2. The van der Waals surface area contributed by atoms with Crippen LogP contribution in [-0.2, 0) is 34.2 Å². The number of benzene rings is 1. The van der Waals surface area contributed by atoms with Gasteiger partial charge in [-0.1, -0.05) is 51.1 Å². The van der Waals surface area contributed by atoms with E-state index in [0.717, 1.165) is 18.9 Å². The lowest BCUT2D eigenvalue weighted by atomic mass is 9.85. The molecule has 218 valence electrons. The van der Waals surface area contributed by atoms with Gasteiger partial charge >= 0.3 is 0 Å². The van der Waals surface area contributed by atoms with Crippen molar-refractivity contribution in [2.24, 2.45) is 0 Å². The first-order chi connectivity index (χ1) is 17.2. The molecule has 0 aromatic heterocycles. The maximum Gasteiger partial charge on any atom is 0.300 e. The van der Waals surface area contributed by atoms with Gasteiger partial charge in [-0.2, -0.15) is 8.78 Å². The van der Waals surface area contributed by atoms with Crippen molar-refractivity contribution in [1.29, 1.82) is 0 Å². The van der Waals surface area contributed by atoms with Gasteiger partial charge < -0.3 is 23.0 Å². The molecule has 6 nitrogen and oxygen atoms in total. The fourth-order valence-corrected chi connectivity index (χ4v) is 7.90. The standard InChI is InChI=1S/C26H47BF2O6P2Si/c1-10-33-37(7,31)17-16-25(19-26(28,29)36(5,6)30)22(32-18-20-14-12-11-13-15-20)21(23(27)34-25)35-38(8,9)24(2,3)4/h11-15,21-23H,10,16-19,27H2,1-9H3/t21-,22?,23+,25-,37?/m0/s1. The normalized spacial score (nSPS) is 26.9. The molecule has 1 aromatic rings. The summed E-state index contributed by atoms with van der Waals surface area (Å²) in [7, 11) is -7.50. The Bertz CT molecular complexity index is 1020. The predicted molar refractivity (Wildman–Crippen MR) is 157 cm³/mol. The Morgan fingerprint density at radius 1 is 1.11 bits per heavy atom. The van der Waals surface area contributed by atoms with E-state index in [1.807, 2.05) is 38.2 Å². The average Bonchev–Trinajstić information content (AvgIpc) is 3.00. The van der Waals surface area contributed by atoms with E-state index >= 15 is 8.78 Å². The zero-order chi connectivity index (χ0) is 29.2. The molecule has 0 N–H and O–H groups in total. The van der Waals surface area contributed by atoms with Crippen LogP contribution in [0.3, 0.4) is 0 Å². The molecule has 0 bridgehead atoms. The molecule has 2 rings (SSSR count). The van der Waals surface area contributed by atoms with E-state index in [-0.39, 0.29) is 30.8 Å². The molecule has 0 amide bonds. The number of alkyl halides is 2. The zero-order valence-corrected chi connectivity index (χ0v) is 27.5. The molecule has 1 aliphatic rings. The van der Waals surface area contributed by atoms with Gasteiger partial charge in [0, 0.05) is 12.8 Å². The Labute approximate surface area is 230 Å². The molecule has 0 saturated carbocycles. The summed E-state index contributed by atoms with van der Waals surface area (Å²) in [6.07, 6.45) is -2.33. The minimum atomic E-state index is -3.85. The van der Waals surface area contributed by atoms with E-state index in [4.69, 9.17) is 18.4 Å². The first-order valence-electron chi connectivity index (χ1n) is 13.3. The molecular formula is C26H47BF2O6P2Si. The van der Waals surface area contributed by atoms with Gasteiger partial charge in [0.15, 0.2) is 15.7 Å². The molecule has 1 saturated heterocycles. The first-order valence-corrected chi connectivity index (χ1v) is 21.1. The molecule has 12 heteroatoms. The van der Waals surface area contributed by atoms with Gasteiger partial charge in [0.05, 0.1) is 31.7 Å². The van der Waals surface area contributed by atoms with Crippen molar-refractivity contribution in [2.75, 3.05) is 32.8 Å². The van der Waals surface area contributed by atoms with Gasteiger partial charge in [0.1, 0.15) is 26.7 Å². The third-order valence-corrected chi connectivity index (χ3v) is 15.9. The summed E-state index contributed by atoms with van der Waals surface area (Å²) in [6.45, 7) is 16.4. The molecule has 0 radical (unpaired) electrons. The van der Waals surface area contributed by atoms with Gasteiger partial charge in [0.2, 0.25) is 0 Å². The highest BCUT2D eigenvalue weighted by molar-refractivity contribution is 7.63. The topological polar surface area (TPSA) is 71.1 Å². The van der Waals surface area contributed by atoms with E-state index in [1.54, 1.807) is 6.92 Å². The smallest absolute Gasteiger partial charge is 0.300 e. The average molecular weight is 594 g/mol. The molecule has 1 aromatic carbocycles. The number of hydrogen-bond acceptors (Lipinski definition) is 6. The summed E-state index contributed by atoms with van der Waals surface area (Å²) < 4.78 is 82.1. The van der Waals surface area contributed by atoms with Crippen LogP contribution in [0.2, 0.25) is 18.1 Å². The lowest BCUT2D eigenvalue weighted by Crippen LogP contribution is -2.53. The summed E-state index contributed by atoms with van der Waals surface area (Å²) >= 11 is 0. The lowest BCUT2D eigenvalue weighted by molar-refractivity contribution is -0.136. The third kappa shape index (κ3) is 8.34. The molecule has 5 atom stereocenters. The van der Waals surface area contributed by atoms with Crippen molar-refractivity contribution in [1.82, 2.24) is 0 Å². The second kappa shape index (κ2) is 12.3. The van der Waals surface area contributed by atoms with Crippen molar-refractivity contribution in [3.05, 3.63) is 35.9 Å². The minimum absolute atomic E-state index is 0.00245. The summed E-state index contributed by atoms with van der Waals surface area (Å²) in [5.41, 5.74) is -4.21. The van der Waals surface area contributed by atoms with Crippen molar-refractivity contribution in [2.45, 2.75) is 94.8 Å². The van der Waals surface area contributed by atoms with Gasteiger partial charge in [-0.05, 0) is 50.4 Å². The van der Waals surface area contributed by atoms with E-state index in [1.165, 1.54) is 6.66 Å². The highest BCUT2D eigenvalue weighted by atomic mass is 31.2. The first kappa shape index (κ1) is 33.9. The van der Waals surface area contributed by atoms with Crippen LogP contribution in [0.5, 0.6) is 0 Å². The molecule has 2 unspecified atom stereocenters. The highest BCUT2D eigenvalue weighted by Crippen LogP contribution is 2.60. The molecule has 38 heavy (non-hydrogen) atoms. The van der Waals surface area contributed by atoms with E-state index < -0.39 is 58.7 Å². The van der Waals surface area contributed by atoms with Gasteiger partial charge in [-0.15, -0.1) is 0 Å². The van der Waals surface area contributed by atoms with Gasteiger partial charge in [-0.3, -0.25) is 4.57 Å². The lowest BCUT2D eigenvalue weighted by Gasteiger charge is -2.42. The Hall–Kier alpha value is -0.338. The van der Waals surface area contributed by atoms with Crippen molar-refractivity contribution < 1.29 is 36.3 Å². The Morgan fingerprint density at radius 3 is 2.18 bits per heavy atom. The van der Waals surface area contributed by atoms with Crippen LogP contribution in [0, 0.1) is 0 Å². The molecule has 1 fully saturated rings. The summed E-state index contributed by atoms with van der Waals surface area (Å²) in [4.78, 5) is 0. The van der Waals surface area contributed by atoms with Crippen molar-refractivity contribution in [3.8, 4) is 0 Å². The Morgan fingerprint density at radius 2 is 1.68 bits per heavy atom. The van der Waals surface area contributed by atoms with Crippen molar-refractivity contribution in [3.63, 3.8) is 0 Å². The Balaban J connectivity index is 2.60. The summed E-state index contributed by atoms with van der Waals surface area (Å²) in [6, 6.07) is 8.90. The molecule has 1 heterocycles. The van der Waals surface area contributed by atoms with Crippen LogP contribution in [0.15, 0.2) is 30.3 Å². The molecule has 0 aliphatic carbocycles. The number of hydrogen-bond donors (Lipinski definition) is 0. The van der Waals surface area contributed by atoms with E-state index in [9.17, 15) is 9.13 Å². The van der Waals surface area contributed by atoms with Crippen LogP contribution >= 0.6 is 14.5 Å². The molecule has 1 aliphatic heterocycles. The molecular weight excluding hydrogens is 547 g/mol. The van der Waals surface area contributed by atoms with Crippen molar-refractivity contribution >= 4 is 30.7 Å². The summed E-state index contributed by atoms with van der Waals surface area (Å²) in [5.74, 6) is 0. The maximum absolute atomic E-state index is 15.6. The number of ether oxygens (including phenoxy) is 2. The quantitative estimate of drug-likeness (QED) is 0.189. The largest absolute Gasteiger partial charge is 0.409 e. The third-order valence-electron chi connectivity index (χ3n) is 7.85. The van der Waals surface area contributed by atoms with Crippen LogP contribution in [-0.4, -0.2) is 78.4 Å². The Kier molecular flexibility index (Phi) is 10.9. The van der Waals surface area contributed by atoms with Crippen LogP contribution in [0.25, 0.3) is 0 Å². The second-order valence-electron chi connectivity index (χ2n) is 12.5. The SMILES string of the molecule is B[C@@H]1O[C@@](CCP(C)(=O)OCC)(CC(F)(F)P(C)(C)=O)C(OCc2ccccc2)[C@@H]1O[Si](C)(C)C(C)(C)C. The van der Waals surface area contributed by atoms with Crippen LogP contribution < -0.4 is 0 Å². The second-order valence-corrected chi connectivity index (χ2v) is 23.4. The van der Waals surface area contributed by atoms with Crippen LogP contribution in [0.1, 0.15) is 46.1 Å². The molecule has 0 spiro atoms. The van der Waals surface area contributed by atoms with Gasteiger partial charge in [0.25, 0.3) is 5.66 Å².